The lowest BCUT2D eigenvalue weighted by Gasteiger charge is -2.23. The van der Waals surface area contributed by atoms with Crippen molar-refractivity contribution in [2.75, 3.05) is 13.7 Å². The van der Waals surface area contributed by atoms with Gasteiger partial charge < -0.3 is 9.84 Å². The van der Waals surface area contributed by atoms with Crippen LogP contribution in [-0.2, 0) is 21.4 Å². The second-order valence-corrected chi connectivity index (χ2v) is 6.43. The lowest BCUT2D eigenvalue weighted by atomic mass is 10.1. The topological polar surface area (TPSA) is 75.6 Å². The van der Waals surface area contributed by atoms with Crippen molar-refractivity contribution >= 4 is 10.0 Å². The molecule has 0 aliphatic heterocycles. The Morgan fingerprint density at radius 3 is 2.58 bits per heavy atom. The predicted octanol–water partition coefficient (Wildman–Crippen LogP) is 1.02. The fourth-order valence-electron chi connectivity index (χ4n) is 1.33. The second kappa shape index (κ2) is 5.96. The molecule has 1 aromatic rings. The van der Waals surface area contributed by atoms with E-state index in [0.717, 1.165) is 12.1 Å². The summed E-state index contributed by atoms with van der Waals surface area (Å²) in [7, 11) is -2.43. The van der Waals surface area contributed by atoms with Gasteiger partial charge in [0.1, 0.15) is 5.82 Å². The van der Waals surface area contributed by atoms with Crippen LogP contribution in [0.4, 0.5) is 4.39 Å². The zero-order chi connectivity index (χ0) is 14.7. The van der Waals surface area contributed by atoms with Crippen LogP contribution < -0.4 is 4.72 Å². The average molecular weight is 291 g/mol. The summed E-state index contributed by atoms with van der Waals surface area (Å²) in [5.74, 6) is -0.677. The van der Waals surface area contributed by atoms with Crippen molar-refractivity contribution in [2.45, 2.75) is 31.0 Å². The van der Waals surface area contributed by atoms with E-state index in [0.29, 0.717) is 0 Å². The molecule has 0 bridgehead atoms. The van der Waals surface area contributed by atoms with Crippen LogP contribution in [0.15, 0.2) is 23.1 Å². The molecule has 0 fully saturated rings. The van der Waals surface area contributed by atoms with Crippen molar-refractivity contribution in [1.82, 2.24) is 4.72 Å². The van der Waals surface area contributed by atoms with Gasteiger partial charge in [-0.25, -0.2) is 17.5 Å². The van der Waals surface area contributed by atoms with E-state index >= 15 is 0 Å². The third kappa shape index (κ3) is 4.24. The Hall–Kier alpha value is -1.02. The molecule has 0 aliphatic rings. The molecule has 0 atom stereocenters. The highest BCUT2D eigenvalue weighted by atomic mass is 32.2. The van der Waals surface area contributed by atoms with Crippen molar-refractivity contribution < 1.29 is 22.7 Å². The summed E-state index contributed by atoms with van der Waals surface area (Å²) >= 11 is 0. The minimum Gasteiger partial charge on any atom is -0.392 e. The summed E-state index contributed by atoms with van der Waals surface area (Å²) in [6.45, 7) is 2.99. The Bertz CT molecular complexity index is 543. The molecule has 108 valence electrons. The number of aliphatic hydroxyl groups is 1. The first kappa shape index (κ1) is 16.0. The maximum Gasteiger partial charge on any atom is 0.241 e. The monoisotopic (exact) mass is 291 g/mol. The van der Waals surface area contributed by atoms with Gasteiger partial charge in [-0.05, 0) is 31.5 Å². The molecular formula is C12H18FNO4S. The van der Waals surface area contributed by atoms with Crippen molar-refractivity contribution in [1.29, 1.82) is 0 Å². The van der Waals surface area contributed by atoms with E-state index in [-0.39, 0.29) is 17.0 Å². The number of halogens is 1. The Morgan fingerprint density at radius 1 is 1.42 bits per heavy atom. The number of rotatable bonds is 6. The summed E-state index contributed by atoms with van der Waals surface area (Å²) in [6.07, 6.45) is 0. The van der Waals surface area contributed by atoms with Crippen LogP contribution in [0.1, 0.15) is 19.4 Å². The second-order valence-electron chi connectivity index (χ2n) is 4.70. The zero-order valence-corrected chi connectivity index (χ0v) is 11.9. The SMILES string of the molecule is COC(C)(C)CNS(=O)(=O)c1cc(F)ccc1CO. The van der Waals surface area contributed by atoms with Crippen molar-refractivity contribution in [3.63, 3.8) is 0 Å². The van der Waals surface area contributed by atoms with E-state index < -0.39 is 28.0 Å². The number of nitrogens with one attached hydrogen (secondary N) is 1. The molecule has 0 aliphatic carbocycles. The van der Waals surface area contributed by atoms with Gasteiger partial charge in [0.2, 0.25) is 10.0 Å². The van der Waals surface area contributed by atoms with Crippen molar-refractivity contribution in [3.8, 4) is 0 Å². The highest BCUT2D eigenvalue weighted by Crippen LogP contribution is 2.18. The normalized spacial score (nSPS) is 12.7. The molecule has 5 nitrogen and oxygen atoms in total. The summed E-state index contributed by atoms with van der Waals surface area (Å²) < 4.78 is 44.8. The van der Waals surface area contributed by atoms with Gasteiger partial charge >= 0.3 is 0 Å². The predicted molar refractivity (Wildman–Crippen MR) is 68.6 cm³/mol. The number of methoxy groups -OCH3 is 1. The molecule has 0 saturated heterocycles. The molecule has 0 aromatic heterocycles. The third-order valence-corrected chi connectivity index (χ3v) is 4.21. The fourth-order valence-corrected chi connectivity index (χ4v) is 2.77. The maximum absolute atomic E-state index is 13.2. The Morgan fingerprint density at radius 2 is 2.05 bits per heavy atom. The van der Waals surface area contributed by atoms with E-state index in [1.165, 1.54) is 13.2 Å². The number of sulfonamides is 1. The summed E-state index contributed by atoms with van der Waals surface area (Å²) in [4.78, 5) is -0.262. The van der Waals surface area contributed by atoms with Gasteiger partial charge in [-0.3, -0.25) is 0 Å². The lowest BCUT2D eigenvalue weighted by molar-refractivity contribution is 0.0276. The zero-order valence-electron chi connectivity index (χ0n) is 11.1. The quantitative estimate of drug-likeness (QED) is 0.820. The number of benzene rings is 1. The standard InChI is InChI=1S/C12H18FNO4S/c1-12(2,18-3)8-14-19(16,17)11-6-10(13)5-4-9(11)7-15/h4-6,14-15H,7-8H2,1-3H3. The molecule has 19 heavy (non-hydrogen) atoms. The van der Waals surface area contributed by atoms with Gasteiger partial charge in [-0.2, -0.15) is 0 Å². The van der Waals surface area contributed by atoms with Gasteiger partial charge in [0, 0.05) is 13.7 Å². The third-order valence-electron chi connectivity index (χ3n) is 2.73. The van der Waals surface area contributed by atoms with Gasteiger partial charge in [0.15, 0.2) is 0 Å². The van der Waals surface area contributed by atoms with Gasteiger partial charge in [-0.1, -0.05) is 6.07 Å². The molecule has 0 heterocycles. The van der Waals surface area contributed by atoms with E-state index in [4.69, 9.17) is 9.84 Å². The van der Waals surface area contributed by atoms with Crippen LogP contribution in [0.2, 0.25) is 0 Å². The largest absolute Gasteiger partial charge is 0.392 e. The first-order chi connectivity index (χ1) is 8.72. The van der Waals surface area contributed by atoms with Gasteiger partial charge in [0.05, 0.1) is 17.1 Å². The van der Waals surface area contributed by atoms with Gasteiger partial charge in [-0.15, -0.1) is 0 Å². The minimum atomic E-state index is -3.90. The first-order valence-electron chi connectivity index (χ1n) is 5.66. The number of aliphatic hydroxyl groups excluding tert-OH is 1. The molecule has 0 saturated carbocycles. The molecule has 1 rings (SSSR count). The first-order valence-corrected chi connectivity index (χ1v) is 7.14. The molecule has 0 spiro atoms. The number of hydrogen-bond donors (Lipinski definition) is 2. The minimum absolute atomic E-state index is 0.0349. The maximum atomic E-state index is 13.2. The summed E-state index contributed by atoms with van der Waals surface area (Å²) in [6, 6.07) is 3.22. The van der Waals surface area contributed by atoms with Crippen LogP contribution in [0.3, 0.4) is 0 Å². The smallest absolute Gasteiger partial charge is 0.241 e. The van der Waals surface area contributed by atoms with Crippen LogP contribution in [0, 0.1) is 5.82 Å². The average Bonchev–Trinajstić information content (AvgIpc) is 2.37. The van der Waals surface area contributed by atoms with Crippen LogP contribution in [-0.4, -0.2) is 32.8 Å². The molecule has 0 amide bonds. The molecular weight excluding hydrogens is 273 g/mol. The highest BCUT2D eigenvalue weighted by molar-refractivity contribution is 7.89. The van der Waals surface area contributed by atoms with Crippen LogP contribution in [0.5, 0.6) is 0 Å². The lowest BCUT2D eigenvalue weighted by Crippen LogP contribution is -2.39. The molecule has 7 heteroatoms. The Kier molecular flexibility index (Phi) is 5.03. The van der Waals surface area contributed by atoms with Crippen molar-refractivity contribution in [3.05, 3.63) is 29.6 Å². The Labute approximate surface area is 112 Å². The highest BCUT2D eigenvalue weighted by Gasteiger charge is 2.24. The van der Waals surface area contributed by atoms with E-state index in [9.17, 15) is 12.8 Å². The van der Waals surface area contributed by atoms with Crippen LogP contribution in [0.25, 0.3) is 0 Å². The van der Waals surface area contributed by atoms with Crippen molar-refractivity contribution in [2.24, 2.45) is 0 Å². The summed E-state index contributed by atoms with van der Waals surface area (Å²) in [5.41, 5.74) is -0.538. The molecule has 2 N–H and O–H groups in total. The fraction of sp³-hybridized carbons (Fsp3) is 0.500. The molecule has 0 radical (unpaired) electrons. The summed E-state index contributed by atoms with van der Waals surface area (Å²) in [5, 5.41) is 9.11. The Balaban J connectivity index is 3.04. The molecule has 1 aromatic carbocycles. The van der Waals surface area contributed by atoms with E-state index in [1.54, 1.807) is 13.8 Å². The van der Waals surface area contributed by atoms with Crippen LogP contribution >= 0.6 is 0 Å². The van der Waals surface area contributed by atoms with E-state index in [1.807, 2.05) is 0 Å². The van der Waals surface area contributed by atoms with E-state index in [2.05, 4.69) is 4.72 Å². The number of ether oxygens (including phenoxy) is 1. The number of hydrogen-bond acceptors (Lipinski definition) is 4. The molecule has 0 unspecified atom stereocenters. The van der Waals surface area contributed by atoms with Gasteiger partial charge in [0.25, 0.3) is 0 Å².